The number of aliphatic hydroxyl groups excluding tert-OH is 1. The van der Waals surface area contributed by atoms with Crippen LogP contribution in [0.3, 0.4) is 0 Å². The fraction of sp³-hybridized carbons (Fsp3) is 0.500. The van der Waals surface area contributed by atoms with Gasteiger partial charge in [0.1, 0.15) is 0 Å². The molecule has 18 heavy (non-hydrogen) atoms. The van der Waals surface area contributed by atoms with Gasteiger partial charge in [-0.05, 0) is 44.4 Å². The van der Waals surface area contributed by atoms with Crippen LogP contribution in [0.15, 0.2) is 47.1 Å². The maximum absolute atomic E-state index is 9.28. The molecule has 0 aromatic heterocycles. The highest BCUT2D eigenvalue weighted by Crippen LogP contribution is 2.24. The molecule has 0 heterocycles. The first-order valence-corrected chi connectivity index (χ1v) is 6.16. The van der Waals surface area contributed by atoms with Crippen molar-refractivity contribution in [1.29, 1.82) is 0 Å². The van der Waals surface area contributed by atoms with Gasteiger partial charge >= 0.3 is 0 Å². The summed E-state index contributed by atoms with van der Waals surface area (Å²) in [5, 5.41) is 9.28. The summed E-state index contributed by atoms with van der Waals surface area (Å²) in [5.74, 6) is 0. The Balaban J connectivity index is 5.25. The molecular weight excluding hydrogens is 224 g/mol. The normalized spacial score (nSPS) is 13.7. The molecule has 1 unspecified atom stereocenters. The van der Waals surface area contributed by atoms with Crippen LogP contribution in [0.2, 0.25) is 0 Å². The van der Waals surface area contributed by atoms with Gasteiger partial charge in [-0.25, -0.2) is 0 Å². The Morgan fingerprint density at radius 2 is 1.83 bits per heavy atom. The number of ether oxygens (including phenoxy) is 1. The van der Waals surface area contributed by atoms with Gasteiger partial charge in [-0.2, -0.15) is 0 Å². The van der Waals surface area contributed by atoms with Crippen molar-refractivity contribution in [2.24, 2.45) is 0 Å². The van der Waals surface area contributed by atoms with E-state index in [4.69, 9.17) is 4.74 Å². The van der Waals surface area contributed by atoms with Crippen LogP contribution in [0.4, 0.5) is 0 Å². The van der Waals surface area contributed by atoms with Crippen molar-refractivity contribution >= 4 is 0 Å². The second kappa shape index (κ2) is 8.06. The van der Waals surface area contributed by atoms with Gasteiger partial charge in [-0.3, -0.25) is 0 Å². The zero-order chi connectivity index (χ0) is 14.3. The van der Waals surface area contributed by atoms with Crippen molar-refractivity contribution in [2.75, 3.05) is 13.7 Å². The third-order valence-electron chi connectivity index (χ3n) is 3.20. The number of hydrogen-bond donors (Lipinski definition) is 1. The molecule has 0 amide bonds. The lowest BCUT2D eigenvalue weighted by Gasteiger charge is -2.21. The molecule has 0 saturated carbocycles. The Hall–Kier alpha value is -1.12. The predicted octanol–water partition coefficient (Wildman–Crippen LogP) is 3.80. The van der Waals surface area contributed by atoms with Gasteiger partial charge in [0.05, 0.1) is 12.7 Å². The van der Waals surface area contributed by atoms with Crippen molar-refractivity contribution in [2.45, 2.75) is 40.2 Å². The lowest BCUT2D eigenvalue weighted by Crippen LogP contribution is -2.16. The first kappa shape index (κ1) is 16.9. The second-order valence-electron chi connectivity index (χ2n) is 4.76. The Labute approximate surface area is 111 Å². The molecule has 1 N–H and O–H groups in total. The fourth-order valence-corrected chi connectivity index (χ4v) is 1.96. The van der Waals surface area contributed by atoms with Crippen LogP contribution in [0.5, 0.6) is 0 Å². The van der Waals surface area contributed by atoms with E-state index in [1.807, 2.05) is 13.8 Å². The van der Waals surface area contributed by atoms with Crippen molar-refractivity contribution < 1.29 is 9.84 Å². The lowest BCUT2D eigenvalue weighted by atomic mass is 9.93. The Morgan fingerprint density at radius 3 is 2.11 bits per heavy atom. The van der Waals surface area contributed by atoms with Crippen molar-refractivity contribution in [3.8, 4) is 0 Å². The quantitative estimate of drug-likeness (QED) is 0.696. The summed E-state index contributed by atoms with van der Waals surface area (Å²) >= 11 is 0. The molecule has 0 bridgehead atoms. The highest BCUT2D eigenvalue weighted by atomic mass is 16.5. The third-order valence-corrected chi connectivity index (χ3v) is 3.20. The van der Waals surface area contributed by atoms with Crippen molar-refractivity contribution in [3.63, 3.8) is 0 Å². The molecule has 0 aliphatic carbocycles. The number of rotatable bonds is 7. The zero-order valence-corrected chi connectivity index (χ0v) is 12.3. The SMILES string of the molecule is C=C/C(CO)=C(/C)C(CC(C(=C)C)=C(C)C)OC. The zero-order valence-electron chi connectivity index (χ0n) is 12.3. The number of hydrogen-bond acceptors (Lipinski definition) is 2. The second-order valence-corrected chi connectivity index (χ2v) is 4.76. The van der Waals surface area contributed by atoms with Gasteiger partial charge in [-0.15, -0.1) is 0 Å². The van der Waals surface area contributed by atoms with Gasteiger partial charge in [0, 0.05) is 13.5 Å². The molecule has 1 atom stereocenters. The van der Waals surface area contributed by atoms with Gasteiger partial charge in [-0.1, -0.05) is 30.4 Å². The van der Waals surface area contributed by atoms with Crippen molar-refractivity contribution in [1.82, 2.24) is 0 Å². The average molecular weight is 250 g/mol. The van der Waals surface area contributed by atoms with Crippen LogP contribution in [-0.2, 0) is 4.74 Å². The molecule has 2 heteroatoms. The van der Waals surface area contributed by atoms with Crippen molar-refractivity contribution in [3.05, 3.63) is 47.1 Å². The molecule has 0 fully saturated rings. The van der Waals surface area contributed by atoms with E-state index < -0.39 is 0 Å². The minimum Gasteiger partial charge on any atom is -0.392 e. The van der Waals surface area contributed by atoms with Gasteiger partial charge in [0.15, 0.2) is 0 Å². The van der Waals surface area contributed by atoms with E-state index in [2.05, 4.69) is 27.0 Å². The van der Waals surface area contributed by atoms with Gasteiger partial charge in [0.25, 0.3) is 0 Å². The summed E-state index contributed by atoms with van der Waals surface area (Å²) in [7, 11) is 1.69. The molecule has 0 rings (SSSR count). The van der Waals surface area contributed by atoms with E-state index in [-0.39, 0.29) is 12.7 Å². The minimum absolute atomic E-state index is 0.00752. The van der Waals surface area contributed by atoms with Crippen LogP contribution in [-0.4, -0.2) is 24.9 Å². The molecule has 0 saturated heterocycles. The highest BCUT2D eigenvalue weighted by Gasteiger charge is 2.16. The summed E-state index contributed by atoms with van der Waals surface area (Å²) in [6.07, 6.45) is 2.41. The van der Waals surface area contributed by atoms with Crippen LogP contribution < -0.4 is 0 Å². The molecule has 0 spiro atoms. The minimum atomic E-state index is -0.0493. The standard InChI is InChI=1S/C16H26O2/c1-8-14(10-17)13(6)16(18-7)9-15(11(2)3)12(4)5/h8,16-17H,1-2,9-10H2,3-7H3/b14-13+. The smallest absolute Gasteiger partial charge is 0.0825 e. The molecular formula is C16H26O2. The summed E-state index contributed by atoms with van der Waals surface area (Å²) in [6, 6.07) is 0. The van der Waals surface area contributed by atoms with E-state index in [1.54, 1.807) is 13.2 Å². The summed E-state index contributed by atoms with van der Waals surface area (Å²) in [6.45, 7) is 15.9. The largest absolute Gasteiger partial charge is 0.392 e. The maximum Gasteiger partial charge on any atom is 0.0825 e. The highest BCUT2D eigenvalue weighted by molar-refractivity contribution is 5.34. The van der Waals surface area contributed by atoms with Crippen LogP contribution in [0, 0.1) is 0 Å². The maximum atomic E-state index is 9.28. The summed E-state index contributed by atoms with van der Waals surface area (Å²) < 4.78 is 5.54. The number of aliphatic hydroxyl groups is 1. The van der Waals surface area contributed by atoms with Crippen LogP contribution in [0.1, 0.15) is 34.1 Å². The summed E-state index contributed by atoms with van der Waals surface area (Å²) in [4.78, 5) is 0. The van der Waals surface area contributed by atoms with Crippen LogP contribution in [0.25, 0.3) is 0 Å². The lowest BCUT2D eigenvalue weighted by molar-refractivity contribution is 0.130. The predicted molar refractivity (Wildman–Crippen MR) is 78.6 cm³/mol. The van der Waals surface area contributed by atoms with E-state index in [9.17, 15) is 5.11 Å². The Kier molecular flexibility index (Phi) is 7.56. The van der Waals surface area contributed by atoms with E-state index in [1.165, 1.54) is 11.1 Å². The fourth-order valence-electron chi connectivity index (χ4n) is 1.96. The number of allylic oxidation sites excluding steroid dienone is 2. The van der Waals surface area contributed by atoms with E-state index >= 15 is 0 Å². The molecule has 0 aromatic rings. The Morgan fingerprint density at radius 1 is 1.28 bits per heavy atom. The molecule has 0 aliphatic heterocycles. The topological polar surface area (TPSA) is 29.5 Å². The first-order valence-electron chi connectivity index (χ1n) is 6.16. The third kappa shape index (κ3) is 4.63. The van der Waals surface area contributed by atoms with E-state index in [0.29, 0.717) is 0 Å². The van der Waals surface area contributed by atoms with Gasteiger partial charge in [0.2, 0.25) is 0 Å². The first-order chi connectivity index (χ1) is 8.38. The average Bonchev–Trinajstić information content (AvgIpc) is 2.30. The molecule has 2 nitrogen and oxygen atoms in total. The molecule has 102 valence electrons. The summed E-state index contributed by atoms with van der Waals surface area (Å²) in [5.41, 5.74) is 5.39. The monoisotopic (exact) mass is 250 g/mol. The van der Waals surface area contributed by atoms with Gasteiger partial charge < -0.3 is 9.84 Å². The van der Waals surface area contributed by atoms with E-state index in [0.717, 1.165) is 23.1 Å². The van der Waals surface area contributed by atoms with Crippen LogP contribution >= 0.6 is 0 Å². The number of methoxy groups -OCH3 is 1. The molecule has 0 aliphatic rings. The molecule has 0 aromatic carbocycles. The molecule has 0 radical (unpaired) electrons. The Bertz CT molecular complexity index is 369.